The van der Waals surface area contributed by atoms with Crippen molar-refractivity contribution >= 4 is 18.9 Å². The topological polar surface area (TPSA) is 31.5 Å². The molecule has 2 N–H and O–H groups in total. The molecule has 0 aromatic rings. The monoisotopic (exact) mass is 347 g/mol. The Morgan fingerprint density at radius 2 is 1.00 bits per heavy atom. The Labute approximate surface area is 106 Å². The molecule has 0 aliphatic heterocycles. The van der Waals surface area contributed by atoms with Crippen LogP contribution in [0, 0.1) is 35.6 Å². The average molecular weight is 348 g/mol. The van der Waals surface area contributed by atoms with Crippen LogP contribution in [-0.2, 0) is 48.6 Å². The summed E-state index contributed by atoms with van der Waals surface area (Å²) in [6.45, 7) is 0. The van der Waals surface area contributed by atoms with Crippen LogP contribution >= 0.6 is 0 Å². The molecule has 0 aromatic heterocycles. The van der Waals surface area contributed by atoms with Crippen LogP contribution in [-0.4, -0.2) is 24.3 Å². The molecule has 0 fully saturated rings. The minimum Gasteiger partial charge on any atom is -0.412 e. The van der Waals surface area contributed by atoms with Gasteiger partial charge >= 0.3 is 0 Å². The molecule has 0 aliphatic carbocycles. The maximum Gasteiger partial charge on any atom is 0 e. The Kier molecular flexibility index (Phi) is 210. The van der Waals surface area contributed by atoms with Gasteiger partial charge in [0.25, 0.3) is 0 Å². The van der Waals surface area contributed by atoms with Crippen LogP contribution in [0.15, 0.2) is 0 Å². The first-order valence-electron chi connectivity index (χ1n) is 0. The number of hydrogen-bond acceptors (Lipinski definition) is 0. The fourth-order valence-electron chi connectivity index (χ4n) is 0. The van der Waals surface area contributed by atoms with E-state index in [1.54, 1.807) is 0 Å². The van der Waals surface area contributed by atoms with Crippen molar-refractivity contribution < 1.29 is 89.7 Å². The van der Waals surface area contributed by atoms with Crippen molar-refractivity contribution in [1.29, 1.82) is 0 Å². The van der Waals surface area contributed by atoms with Gasteiger partial charge in [-0.05, 0) is 0 Å². The first kappa shape index (κ1) is 40.0. The third kappa shape index (κ3) is 18.7. The molecule has 3 radical (unpaired) electrons. The smallest absolute Gasteiger partial charge is 0 e. The summed E-state index contributed by atoms with van der Waals surface area (Å²) in [6, 6.07) is 0. The minimum absolute atomic E-state index is 0. The first-order valence-corrected chi connectivity index (χ1v) is 0. The van der Waals surface area contributed by atoms with Crippen LogP contribution in [0.1, 0.15) is 0 Å². The zero-order valence-corrected chi connectivity index (χ0v) is 11.3. The zero-order valence-electron chi connectivity index (χ0n) is 3.02. The van der Waals surface area contributed by atoms with Gasteiger partial charge < -0.3 is 5.48 Å². The van der Waals surface area contributed by atoms with Crippen molar-refractivity contribution in [3.05, 3.63) is 0 Å². The third-order valence-electron chi connectivity index (χ3n) is 0. The van der Waals surface area contributed by atoms with Crippen LogP contribution in [0.5, 0.6) is 0 Å². The fourth-order valence-corrected chi connectivity index (χ4v) is 0. The second kappa shape index (κ2) is 26.3. The minimum atomic E-state index is 0. The van der Waals surface area contributed by atoms with Crippen molar-refractivity contribution in [3.63, 3.8) is 0 Å². The summed E-state index contributed by atoms with van der Waals surface area (Å²) in [6.07, 6.45) is 0. The summed E-state index contributed by atoms with van der Waals surface area (Å²) in [4.78, 5) is 0. The van der Waals surface area contributed by atoms with Gasteiger partial charge in [-0.3, -0.25) is 0 Å². The molecule has 0 heterocycles. The summed E-state index contributed by atoms with van der Waals surface area (Å²) in [5, 5.41) is 0. The van der Waals surface area contributed by atoms with Gasteiger partial charge in [-0.2, -0.15) is 0 Å². The van der Waals surface area contributed by atoms with E-state index in [0.29, 0.717) is 0 Å². The zero-order chi connectivity index (χ0) is 0. The molecule has 0 rings (SSSR count). The van der Waals surface area contributed by atoms with E-state index in [9.17, 15) is 0 Å². The van der Waals surface area contributed by atoms with E-state index in [1.807, 2.05) is 0 Å². The molecular weight excluding hydrogens is 346 g/mol. The molecule has 0 amide bonds. The molecular formula is H2LaLiNbOZr. The van der Waals surface area contributed by atoms with Crippen molar-refractivity contribution in [2.75, 3.05) is 0 Å². The third-order valence-corrected chi connectivity index (χ3v) is 0. The normalized spacial score (nSPS) is 0. The maximum absolute atomic E-state index is 0. The Morgan fingerprint density at radius 1 is 1.00 bits per heavy atom. The number of hydrogen-bond donors (Lipinski definition) is 0. The van der Waals surface area contributed by atoms with Crippen LogP contribution in [0.4, 0.5) is 0 Å². The SMILES string of the molecule is O.[La].[Li].[Nb].[Zr]. The second-order valence-electron chi connectivity index (χ2n) is 0. The summed E-state index contributed by atoms with van der Waals surface area (Å²) in [5.41, 5.74) is 0. The van der Waals surface area contributed by atoms with Gasteiger partial charge in [-0.25, -0.2) is 0 Å². The fraction of sp³-hybridized carbons (Fsp3) is 0. The van der Waals surface area contributed by atoms with Crippen molar-refractivity contribution in [1.82, 2.24) is 0 Å². The van der Waals surface area contributed by atoms with Gasteiger partial charge in [0, 0.05) is 103 Å². The molecule has 21 valence electrons. The predicted molar refractivity (Wildman–Crippen MR) is 9.37 cm³/mol. The average Bonchev–Trinajstić information content (AvgIpc) is 0. The molecule has 0 spiro atoms. The largest absolute Gasteiger partial charge is 0.412 e. The van der Waals surface area contributed by atoms with Gasteiger partial charge in [0.1, 0.15) is 0 Å². The molecule has 0 aliphatic rings. The predicted octanol–water partition coefficient (Wildman–Crippen LogP) is -1.21. The van der Waals surface area contributed by atoms with E-state index in [-0.39, 0.29) is 109 Å². The van der Waals surface area contributed by atoms with Gasteiger partial charge in [-0.15, -0.1) is 0 Å². The van der Waals surface area contributed by atoms with E-state index in [1.165, 1.54) is 0 Å². The van der Waals surface area contributed by atoms with Gasteiger partial charge in [0.05, 0.1) is 0 Å². The quantitative estimate of drug-likeness (QED) is 0.493. The van der Waals surface area contributed by atoms with Crippen molar-refractivity contribution in [3.8, 4) is 0 Å². The molecule has 0 saturated heterocycles. The van der Waals surface area contributed by atoms with E-state index in [4.69, 9.17) is 0 Å². The molecule has 5 heteroatoms. The first-order chi connectivity index (χ1) is 0. The summed E-state index contributed by atoms with van der Waals surface area (Å²) in [7, 11) is 0. The van der Waals surface area contributed by atoms with Crippen LogP contribution in [0.25, 0.3) is 0 Å². The van der Waals surface area contributed by atoms with Gasteiger partial charge in [-0.1, -0.05) is 0 Å². The van der Waals surface area contributed by atoms with Gasteiger partial charge in [0.15, 0.2) is 0 Å². The molecule has 1 nitrogen and oxygen atoms in total. The van der Waals surface area contributed by atoms with Crippen molar-refractivity contribution in [2.45, 2.75) is 0 Å². The Morgan fingerprint density at radius 3 is 1.00 bits per heavy atom. The van der Waals surface area contributed by atoms with E-state index < -0.39 is 0 Å². The standard InChI is InChI=1S/La.Li.Nb.H2O.Zr/h;;;1H2;. The maximum atomic E-state index is 0. The number of rotatable bonds is 0. The van der Waals surface area contributed by atoms with Gasteiger partial charge in [0.2, 0.25) is 0 Å². The molecule has 0 unspecified atom stereocenters. The Bertz CT molecular complexity index is 11.6. The van der Waals surface area contributed by atoms with Crippen LogP contribution < -0.4 is 0 Å². The summed E-state index contributed by atoms with van der Waals surface area (Å²) >= 11 is 0. The molecule has 5 heavy (non-hydrogen) atoms. The van der Waals surface area contributed by atoms with Crippen LogP contribution in [0.2, 0.25) is 0 Å². The van der Waals surface area contributed by atoms with E-state index in [2.05, 4.69) is 0 Å². The van der Waals surface area contributed by atoms with E-state index >= 15 is 0 Å². The molecule has 0 saturated carbocycles. The second-order valence-corrected chi connectivity index (χ2v) is 0. The van der Waals surface area contributed by atoms with Crippen molar-refractivity contribution in [2.24, 2.45) is 0 Å². The Hall–Kier alpha value is 3.38. The molecule has 0 aromatic carbocycles. The van der Waals surface area contributed by atoms with Crippen LogP contribution in [0.3, 0.4) is 0 Å². The molecule has 0 bridgehead atoms. The molecule has 0 atom stereocenters. The summed E-state index contributed by atoms with van der Waals surface area (Å²) in [5.74, 6) is 0. The summed E-state index contributed by atoms with van der Waals surface area (Å²) < 4.78 is 0. The van der Waals surface area contributed by atoms with E-state index in [0.717, 1.165) is 0 Å². The Balaban J connectivity index is 0.